The van der Waals surface area contributed by atoms with E-state index in [0.29, 0.717) is 5.02 Å². The lowest BCUT2D eigenvalue weighted by Gasteiger charge is -2.16. The van der Waals surface area contributed by atoms with Gasteiger partial charge in [0.05, 0.1) is 17.3 Å². The molecule has 0 saturated heterocycles. The Morgan fingerprint density at radius 3 is 2.82 bits per heavy atom. The van der Waals surface area contributed by atoms with Gasteiger partial charge in [-0.25, -0.2) is 0 Å². The van der Waals surface area contributed by atoms with Crippen LogP contribution in [0.25, 0.3) is 0 Å². The van der Waals surface area contributed by atoms with Gasteiger partial charge in [0.1, 0.15) is 5.76 Å². The monoisotopic (exact) mass is 313 g/mol. The minimum Gasteiger partial charge on any atom is -0.467 e. The maximum absolute atomic E-state index is 6.11. The van der Waals surface area contributed by atoms with Gasteiger partial charge in [0, 0.05) is 4.47 Å². The lowest BCUT2D eigenvalue weighted by Crippen LogP contribution is -2.21. The fourth-order valence-electron chi connectivity index (χ4n) is 1.73. The topological polar surface area (TPSA) is 25.2 Å². The van der Waals surface area contributed by atoms with E-state index in [1.54, 1.807) is 6.26 Å². The summed E-state index contributed by atoms with van der Waals surface area (Å²) in [4.78, 5) is 0. The van der Waals surface area contributed by atoms with E-state index < -0.39 is 0 Å². The highest BCUT2D eigenvalue weighted by Gasteiger charge is 2.16. The van der Waals surface area contributed by atoms with E-state index in [1.165, 1.54) is 0 Å². The number of benzene rings is 1. The highest BCUT2D eigenvalue weighted by molar-refractivity contribution is 9.10. The van der Waals surface area contributed by atoms with Crippen LogP contribution in [0.1, 0.15) is 24.3 Å². The molecule has 0 amide bonds. The van der Waals surface area contributed by atoms with Crippen molar-refractivity contribution < 1.29 is 4.42 Å². The first-order valence-electron chi connectivity index (χ1n) is 5.44. The van der Waals surface area contributed by atoms with Gasteiger partial charge in [0.25, 0.3) is 0 Å². The molecule has 0 fully saturated rings. The number of hydrogen-bond acceptors (Lipinski definition) is 2. The SMILES string of the molecule is CCNC(c1ccc(Br)c(Cl)c1)c1ccco1. The third kappa shape index (κ3) is 2.92. The Balaban J connectivity index is 2.35. The van der Waals surface area contributed by atoms with Gasteiger partial charge in [-0.05, 0) is 52.3 Å². The maximum Gasteiger partial charge on any atom is 0.125 e. The molecule has 0 aliphatic carbocycles. The minimum absolute atomic E-state index is 0.0422. The summed E-state index contributed by atoms with van der Waals surface area (Å²) >= 11 is 9.50. The fraction of sp³-hybridized carbons (Fsp3) is 0.231. The molecular formula is C13H13BrClNO. The van der Waals surface area contributed by atoms with Crippen molar-refractivity contribution in [3.63, 3.8) is 0 Å². The summed E-state index contributed by atoms with van der Waals surface area (Å²) < 4.78 is 6.36. The van der Waals surface area contributed by atoms with Crippen LogP contribution in [0.5, 0.6) is 0 Å². The van der Waals surface area contributed by atoms with Gasteiger partial charge in [-0.15, -0.1) is 0 Å². The lowest BCUT2D eigenvalue weighted by molar-refractivity contribution is 0.452. The number of halogens is 2. The van der Waals surface area contributed by atoms with Crippen molar-refractivity contribution in [2.45, 2.75) is 13.0 Å². The molecule has 0 aliphatic heterocycles. The van der Waals surface area contributed by atoms with E-state index in [4.69, 9.17) is 16.0 Å². The number of hydrogen-bond donors (Lipinski definition) is 1. The van der Waals surface area contributed by atoms with E-state index in [0.717, 1.165) is 22.3 Å². The quantitative estimate of drug-likeness (QED) is 0.905. The first kappa shape index (κ1) is 12.7. The molecule has 1 N–H and O–H groups in total. The van der Waals surface area contributed by atoms with Gasteiger partial charge < -0.3 is 9.73 Å². The van der Waals surface area contributed by atoms with E-state index in [9.17, 15) is 0 Å². The Kier molecular flexibility index (Phi) is 4.26. The molecule has 4 heteroatoms. The van der Waals surface area contributed by atoms with Crippen LogP contribution >= 0.6 is 27.5 Å². The Bertz CT molecular complexity index is 484. The molecule has 1 aromatic carbocycles. The zero-order valence-corrected chi connectivity index (χ0v) is 11.8. The number of furan rings is 1. The smallest absolute Gasteiger partial charge is 0.125 e. The zero-order valence-electron chi connectivity index (χ0n) is 9.41. The maximum atomic E-state index is 6.11. The molecule has 90 valence electrons. The van der Waals surface area contributed by atoms with Crippen LogP contribution in [0, 0.1) is 0 Å². The van der Waals surface area contributed by atoms with Crippen molar-refractivity contribution in [2.24, 2.45) is 0 Å². The molecular weight excluding hydrogens is 302 g/mol. The molecule has 2 rings (SSSR count). The van der Waals surface area contributed by atoms with E-state index in [-0.39, 0.29) is 6.04 Å². The number of nitrogens with one attached hydrogen (secondary N) is 1. The van der Waals surface area contributed by atoms with Gasteiger partial charge in [-0.3, -0.25) is 0 Å². The van der Waals surface area contributed by atoms with Crippen molar-refractivity contribution in [2.75, 3.05) is 6.54 Å². The van der Waals surface area contributed by atoms with Crippen LogP contribution in [0.15, 0.2) is 45.5 Å². The van der Waals surface area contributed by atoms with Crippen LogP contribution in [-0.2, 0) is 0 Å². The lowest BCUT2D eigenvalue weighted by atomic mass is 10.0. The molecule has 0 radical (unpaired) electrons. The van der Waals surface area contributed by atoms with Crippen molar-refractivity contribution in [3.8, 4) is 0 Å². The van der Waals surface area contributed by atoms with E-state index in [2.05, 4.69) is 28.2 Å². The second-order valence-electron chi connectivity index (χ2n) is 3.68. The molecule has 0 aliphatic rings. The Morgan fingerprint density at radius 2 is 2.24 bits per heavy atom. The third-order valence-electron chi connectivity index (χ3n) is 2.51. The summed E-state index contributed by atoms with van der Waals surface area (Å²) in [5.74, 6) is 0.894. The summed E-state index contributed by atoms with van der Waals surface area (Å²) in [5, 5.41) is 4.09. The molecule has 2 aromatic rings. The molecule has 17 heavy (non-hydrogen) atoms. The molecule has 0 bridgehead atoms. The standard InChI is InChI=1S/C13H13BrClNO/c1-2-16-13(12-4-3-7-17-12)9-5-6-10(14)11(15)8-9/h3-8,13,16H,2H2,1H3. The van der Waals surface area contributed by atoms with Gasteiger partial charge in [0.2, 0.25) is 0 Å². The largest absolute Gasteiger partial charge is 0.467 e. The van der Waals surface area contributed by atoms with Crippen LogP contribution in [-0.4, -0.2) is 6.54 Å². The van der Waals surface area contributed by atoms with Gasteiger partial charge in [-0.1, -0.05) is 24.6 Å². The molecule has 2 nitrogen and oxygen atoms in total. The highest BCUT2D eigenvalue weighted by Crippen LogP contribution is 2.29. The third-order valence-corrected chi connectivity index (χ3v) is 3.75. The van der Waals surface area contributed by atoms with Crippen molar-refractivity contribution in [3.05, 3.63) is 57.4 Å². The first-order valence-corrected chi connectivity index (χ1v) is 6.61. The van der Waals surface area contributed by atoms with Crippen molar-refractivity contribution >= 4 is 27.5 Å². The average Bonchev–Trinajstić information content (AvgIpc) is 2.83. The minimum atomic E-state index is 0.0422. The Hall–Kier alpha value is -0.770. The second-order valence-corrected chi connectivity index (χ2v) is 4.94. The zero-order chi connectivity index (χ0) is 12.3. The van der Waals surface area contributed by atoms with Gasteiger partial charge in [0.15, 0.2) is 0 Å². The highest BCUT2D eigenvalue weighted by atomic mass is 79.9. The van der Waals surface area contributed by atoms with Crippen LogP contribution < -0.4 is 5.32 Å². The summed E-state index contributed by atoms with van der Waals surface area (Å²) in [6.07, 6.45) is 1.68. The molecule has 0 saturated carbocycles. The van der Waals surface area contributed by atoms with Crippen molar-refractivity contribution in [1.82, 2.24) is 5.32 Å². The first-order chi connectivity index (χ1) is 8.22. The molecule has 1 unspecified atom stereocenters. The van der Waals surface area contributed by atoms with Gasteiger partial charge in [-0.2, -0.15) is 0 Å². The molecule has 1 heterocycles. The predicted octanol–water partition coefficient (Wildman–Crippen LogP) is 4.39. The van der Waals surface area contributed by atoms with Crippen molar-refractivity contribution in [1.29, 1.82) is 0 Å². The van der Waals surface area contributed by atoms with Crippen LogP contribution in [0.3, 0.4) is 0 Å². The average molecular weight is 315 g/mol. The van der Waals surface area contributed by atoms with E-state index >= 15 is 0 Å². The van der Waals surface area contributed by atoms with Gasteiger partial charge >= 0.3 is 0 Å². The van der Waals surface area contributed by atoms with E-state index in [1.807, 2.05) is 30.3 Å². The second kappa shape index (κ2) is 5.71. The van der Waals surface area contributed by atoms with Crippen LogP contribution in [0.4, 0.5) is 0 Å². The normalized spacial score (nSPS) is 12.6. The fourth-order valence-corrected chi connectivity index (χ4v) is 2.17. The molecule has 1 aromatic heterocycles. The molecule has 1 atom stereocenters. The number of rotatable bonds is 4. The Morgan fingerprint density at radius 1 is 1.41 bits per heavy atom. The van der Waals surface area contributed by atoms with Crippen LogP contribution in [0.2, 0.25) is 5.02 Å². The summed E-state index contributed by atoms with van der Waals surface area (Å²) in [7, 11) is 0. The summed E-state index contributed by atoms with van der Waals surface area (Å²) in [6, 6.07) is 9.82. The summed E-state index contributed by atoms with van der Waals surface area (Å²) in [5.41, 5.74) is 1.09. The predicted molar refractivity (Wildman–Crippen MR) is 73.4 cm³/mol. The Labute approximate surface area is 114 Å². The molecule has 0 spiro atoms. The summed E-state index contributed by atoms with van der Waals surface area (Å²) in [6.45, 7) is 2.93.